The molecule has 25 heavy (non-hydrogen) atoms. The van der Waals surface area contributed by atoms with Gasteiger partial charge in [-0.1, -0.05) is 30.3 Å². The molecular formula is C20H25N3OS. The lowest BCUT2D eigenvalue weighted by Gasteiger charge is -2.46. The summed E-state index contributed by atoms with van der Waals surface area (Å²) in [5.74, 6) is 0.604. The van der Waals surface area contributed by atoms with Gasteiger partial charge in [-0.05, 0) is 25.3 Å². The third kappa shape index (κ3) is 3.00. The number of nitrogens with zero attached hydrogens (tertiary/aromatic N) is 3. The third-order valence-corrected chi connectivity index (χ3v) is 6.87. The molecule has 2 saturated heterocycles. The number of likely N-dealkylation sites (tertiary alicyclic amines) is 2. The van der Waals surface area contributed by atoms with Gasteiger partial charge in [-0.15, -0.1) is 11.3 Å². The van der Waals surface area contributed by atoms with E-state index >= 15 is 0 Å². The molecule has 2 aliphatic heterocycles. The van der Waals surface area contributed by atoms with Crippen LogP contribution < -0.4 is 0 Å². The van der Waals surface area contributed by atoms with Crippen LogP contribution in [0.2, 0.25) is 0 Å². The Morgan fingerprint density at radius 2 is 1.96 bits per heavy atom. The number of hydrogen-bond acceptors (Lipinski definition) is 4. The molecule has 2 fully saturated rings. The summed E-state index contributed by atoms with van der Waals surface area (Å²) in [7, 11) is 2.00. The van der Waals surface area contributed by atoms with Gasteiger partial charge in [-0.2, -0.15) is 0 Å². The molecular weight excluding hydrogens is 330 g/mol. The minimum atomic E-state index is -0.0209. The molecule has 3 heterocycles. The van der Waals surface area contributed by atoms with Gasteiger partial charge in [0.25, 0.3) is 0 Å². The molecule has 0 radical (unpaired) electrons. The van der Waals surface area contributed by atoms with E-state index in [1.807, 2.05) is 7.05 Å². The Kier molecular flexibility index (Phi) is 4.38. The molecule has 1 spiro atoms. The maximum atomic E-state index is 12.5. The van der Waals surface area contributed by atoms with E-state index in [0.717, 1.165) is 37.5 Å². The zero-order valence-electron chi connectivity index (χ0n) is 14.9. The van der Waals surface area contributed by atoms with Gasteiger partial charge in [0.05, 0.1) is 16.2 Å². The molecule has 1 atom stereocenters. The van der Waals surface area contributed by atoms with Crippen molar-refractivity contribution < 1.29 is 4.79 Å². The molecule has 4 rings (SSSR count). The van der Waals surface area contributed by atoms with Crippen LogP contribution >= 0.6 is 11.3 Å². The molecule has 0 bridgehead atoms. The van der Waals surface area contributed by atoms with Crippen LogP contribution in [0.15, 0.2) is 35.7 Å². The normalized spacial score (nSPS) is 23.5. The SMILES string of the molecule is Cc1nc(CN2CCC3(CC2)[C@@H](c2ccccc2)CC(=O)N3C)cs1. The second-order valence-corrected chi connectivity index (χ2v) is 8.42. The number of hydrogen-bond donors (Lipinski definition) is 0. The Morgan fingerprint density at radius 1 is 1.24 bits per heavy atom. The number of benzene rings is 1. The predicted octanol–water partition coefficient (Wildman–Crippen LogP) is 3.43. The molecule has 0 unspecified atom stereocenters. The van der Waals surface area contributed by atoms with Gasteiger partial charge in [0, 0.05) is 44.4 Å². The van der Waals surface area contributed by atoms with E-state index in [1.54, 1.807) is 11.3 Å². The fourth-order valence-corrected chi connectivity index (χ4v) is 5.19. The summed E-state index contributed by atoms with van der Waals surface area (Å²) in [5, 5.41) is 3.30. The van der Waals surface area contributed by atoms with Crippen LogP contribution in [0.4, 0.5) is 0 Å². The highest BCUT2D eigenvalue weighted by Crippen LogP contribution is 2.48. The molecule has 2 aliphatic rings. The van der Waals surface area contributed by atoms with Gasteiger partial charge in [0.15, 0.2) is 0 Å². The summed E-state index contributed by atoms with van der Waals surface area (Å²) in [5.41, 5.74) is 2.46. The Morgan fingerprint density at radius 3 is 2.60 bits per heavy atom. The lowest BCUT2D eigenvalue weighted by atomic mass is 9.74. The predicted molar refractivity (Wildman–Crippen MR) is 101 cm³/mol. The van der Waals surface area contributed by atoms with Crippen molar-refractivity contribution in [3.05, 3.63) is 52.0 Å². The first kappa shape index (κ1) is 16.7. The van der Waals surface area contributed by atoms with Gasteiger partial charge < -0.3 is 4.90 Å². The van der Waals surface area contributed by atoms with Gasteiger partial charge in [-0.25, -0.2) is 4.98 Å². The number of piperidine rings is 1. The maximum Gasteiger partial charge on any atom is 0.223 e. The summed E-state index contributed by atoms with van der Waals surface area (Å²) < 4.78 is 0. The van der Waals surface area contributed by atoms with Crippen LogP contribution in [0, 0.1) is 6.92 Å². The third-order valence-electron chi connectivity index (χ3n) is 6.05. The fraction of sp³-hybridized carbons (Fsp3) is 0.500. The first-order valence-electron chi connectivity index (χ1n) is 9.03. The van der Waals surface area contributed by atoms with Crippen LogP contribution in [0.25, 0.3) is 0 Å². The monoisotopic (exact) mass is 355 g/mol. The van der Waals surface area contributed by atoms with Gasteiger partial charge in [-0.3, -0.25) is 9.69 Å². The van der Waals surface area contributed by atoms with E-state index in [0.29, 0.717) is 12.3 Å². The van der Waals surface area contributed by atoms with E-state index in [1.165, 1.54) is 11.3 Å². The maximum absolute atomic E-state index is 12.5. The van der Waals surface area contributed by atoms with Crippen LogP contribution in [-0.2, 0) is 11.3 Å². The summed E-state index contributed by atoms with van der Waals surface area (Å²) in [6, 6.07) is 10.6. The van der Waals surface area contributed by atoms with Crippen LogP contribution in [0.1, 0.15) is 41.4 Å². The van der Waals surface area contributed by atoms with Crippen molar-refractivity contribution in [2.75, 3.05) is 20.1 Å². The summed E-state index contributed by atoms with van der Waals surface area (Å²) in [6.07, 6.45) is 2.72. The Balaban J connectivity index is 1.51. The number of amides is 1. The molecule has 0 aliphatic carbocycles. The van der Waals surface area contributed by atoms with E-state index < -0.39 is 0 Å². The number of carbonyl (C=O) groups excluding carboxylic acids is 1. The fourth-order valence-electron chi connectivity index (χ4n) is 4.59. The molecule has 1 aromatic heterocycles. The van der Waals surface area contributed by atoms with Crippen molar-refractivity contribution in [2.24, 2.45) is 0 Å². The standard InChI is InChI=1S/C20H25N3OS/c1-15-21-17(14-25-15)13-23-10-8-20(9-11-23)18(12-19(24)22(20)2)16-6-4-3-5-7-16/h3-7,14,18H,8-13H2,1-2H3/t18-/m1/s1. The lowest BCUT2D eigenvalue weighted by molar-refractivity contribution is -0.130. The smallest absolute Gasteiger partial charge is 0.223 e. The molecule has 0 saturated carbocycles. The zero-order valence-corrected chi connectivity index (χ0v) is 15.8. The van der Waals surface area contributed by atoms with E-state index in [2.05, 4.69) is 57.4 Å². The first-order valence-corrected chi connectivity index (χ1v) is 9.91. The molecule has 0 N–H and O–H groups in total. The van der Waals surface area contributed by atoms with Crippen LogP contribution in [0.5, 0.6) is 0 Å². The summed E-state index contributed by atoms with van der Waals surface area (Å²) in [6.45, 7) is 5.03. The highest BCUT2D eigenvalue weighted by Gasteiger charge is 2.52. The summed E-state index contributed by atoms with van der Waals surface area (Å²) in [4.78, 5) is 21.6. The minimum absolute atomic E-state index is 0.0209. The van der Waals surface area contributed by atoms with E-state index in [4.69, 9.17) is 0 Å². The molecule has 5 heteroatoms. The second-order valence-electron chi connectivity index (χ2n) is 7.36. The number of likely N-dealkylation sites (N-methyl/N-ethyl adjacent to an activating group) is 1. The van der Waals surface area contributed by atoms with Gasteiger partial charge in [0.1, 0.15) is 0 Å². The lowest BCUT2D eigenvalue weighted by Crippen LogP contribution is -2.53. The highest BCUT2D eigenvalue weighted by atomic mass is 32.1. The Hall–Kier alpha value is -1.72. The topological polar surface area (TPSA) is 36.4 Å². The van der Waals surface area contributed by atoms with Gasteiger partial charge >= 0.3 is 0 Å². The van der Waals surface area contributed by atoms with E-state index in [9.17, 15) is 4.79 Å². The molecule has 2 aromatic rings. The average molecular weight is 356 g/mol. The van der Waals surface area contributed by atoms with Crippen molar-refractivity contribution >= 4 is 17.2 Å². The van der Waals surface area contributed by atoms with Crippen molar-refractivity contribution in [3.8, 4) is 0 Å². The molecule has 1 amide bonds. The van der Waals surface area contributed by atoms with Crippen molar-refractivity contribution in [2.45, 2.75) is 44.2 Å². The summed E-state index contributed by atoms with van der Waals surface area (Å²) >= 11 is 1.72. The number of rotatable bonds is 3. The Labute approximate surface area is 153 Å². The quantitative estimate of drug-likeness (QED) is 0.846. The first-order chi connectivity index (χ1) is 12.1. The Bertz CT molecular complexity index is 749. The average Bonchev–Trinajstić information content (AvgIpc) is 3.14. The molecule has 1 aromatic carbocycles. The van der Waals surface area contributed by atoms with Crippen LogP contribution in [-0.4, -0.2) is 46.4 Å². The molecule has 132 valence electrons. The van der Waals surface area contributed by atoms with Crippen molar-refractivity contribution in [3.63, 3.8) is 0 Å². The second kappa shape index (κ2) is 6.54. The van der Waals surface area contributed by atoms with Crippen molar-refractivity contribution in [1.29, 1.82) is 0 Å². The largest absolute Gasteiger partial charge is 0.339 e. The number of aromatic nitrogens is 1. The molecule has 4 nitrogen and oxygen atoms in total. The highest BCUT2D eigenvalue weighted by molar-refractivity contribution is 7.09. The van der Waals surface area contributed by atoms with Gasteiger partial charge in [0.2, 0.25) is 5.91 Å². The van der Waals surface area contributed by atoms with E-state index in [-0.39, 0.29) is 11.4 Å². The number of carbonyl (C=O) groups is 1. The number of thiazole rings is 1. The van der Waals surface area contributed by atoms with Crippen LogP contribution in [0.3, 0.4) is 0 Å². The number of aryl methyl sites for hydroxylation is 1. The zero-order chi connectivity index (χ0) is 17.4. The van der Waals surface area contributed by atoms with Crippen molar-refractivity contribution in [1.82, 2.24) is 14.8 Å². The minimum Gasteiger partial charge on any atom is -0.339 e.